The standard InChI is InChI=1S/C12H20O2/c1-2-3-10-13-11-8-4-5-9(7-6-8)12(11)14-10/h8-12H,2-7H2,1H3. The summed E-state index contributed by atoms with van der Waals surface area (Å²) in [6.07, 6.45) is 8.81. The van der Waals surface area contributed by atoms with E-state index in [1.165, 1.54) is 32.1 Å². The molecule has 2 bridgehead atoms. The fraction of sp³-hybridized carbons (Fsp3) is 1.00. The number of fused-ring (bicyclic) bond motifs is 2. The molecular formula is C12H20O2. The van der Waals surface area contributed by atoms with Crippen molar-refractivity contribution in [2.24, 2.45) is 11.8 Å². The van der Waals surface area contributed by atoms with Gasteiger partial charge in [-0.05, 0) is 43.9 Å². The molecule has 0 N–H and O–H groups in total. The molecule has 0 aromatic rings. The van der Waals surface area contributed by atoms with E-state index in [2.05, 4.69) is 6.92 Å². The highest BCUT2D eigenvalue weighted by Gasteiger charge is 2.50. The summed E-state index contributed by atoms with van der Waals surface area (Å²) in [4.78, 5) is 0. The van der Waals surface area contributed by atoms with Gasteiger partial charge in [0.25, 0.3) is 0 Å². The van der Waals surface area contributed by atoms with E-state index in [0.29, 0.717) is 12.2 Å². The van der Waals surface area contributed by atoms with Crippen molar-refractivity contribution in [1.29, 1.82) is 0 Å². The predicted molar refractivity (Wildman–Crippen MR) is 53.9 cm³/mol. The number of rotatable bonds is 2. The van der Waals surface area contributed by atoms with Gasteiger partial charge in [0, 0.05) is 0 Å². The van der Waals surface area contributed by atoms with Crippen LogP contribution in [-0.4, -0.2) is 18.5 Å². The third-order valence-corrected chi connectivity index (χ3v) is 4.21. The molecule has 80 valence electrons. The summed E-state index contributed by atoms with van der Waals surface area (Å²) in [5, 5.41) is 0. The second-order valence-corrected chi connectivity index (χ2v) is 5.09. The summed E-state index contributed by atoms with van der Waals surface area (Å²) in [5.41, 5.74) is 0. The van der Waals surface area contributed by atoms with E-state index in [1.807, 2.05) is 0 Å². The average Bonchev–Trinajstić information content (AvgIpc) is 2.65. The molecule has 1 saturated heterocycles. The molecule has 4 aliphatic rings. The molecule has 2 atom stereocenters. The SMILES string of the molecule is CCCC1OC2C3CCC(CC3)C2O1. The van der Waals surface area contributed by atoms with Gasteiger partial charge < -0.3 is 9.47 Å². The van der Waals surface area contributed by atoms with Crippen LogP contribution >= 0.6 is 0 Å². The minimum absolute atomic E-state index is 0.121. The molecule has 14 heavy (non-hydrogen) atoms. The molecule has 4 rings (SSSR count). The predicted octanol–water partition coefficient (Wildman–Crippen LogP) is 2.72. The maximum absolute atomic E-state index is 6.02. The Balaban J connectivity index is 1.71. The van der Waals surface area contributed by atoms with Crippen molar-refractivity contribution in [1.82, 2.24) is 0 Å². The van der Waals surface area contributed by atoms with Gasteiger partial charge in [0.2, 0.25) is 0 Å². The third-order valence-electron chi connectivity index (χ3n) is 4.21. The lowest BCUT2D eigenvalue weighted by Gasteiger charge is -2.43. The molecule has 0 radical (unpaired) electrons. The van der Waals surface area contributed by atoms with Gasteiger partial charge in [-0.25, -0.2) is 0 Å². The molecule has 3 aliphatic carbocycles. The highest BCUT2D eigenvalue weighted by atomic mass is 16.7. The molecule has 2 heteroatoms. The van der Waals surface area contributed by atoms with Gasteiger partial charge >= 0.3 is 0 Å². The fourth-order valence-corrected chi connectivity index (χ4v) is 3.47. The first-order valence-electron chi connectivity index (χ1n) is 6.19. The molecule has 0 amide bonds. The van der Waals surface area contributed by atoms with Gasteiger partial charge in [-0.2, -0.15) is 0 Å². The van der Waals surface area contributed by atoms with E-state index in [4.69, 9.17) is 9.47 Å². The van der Waals surface area contributed by atoms with E-state index in [9.17, 15) is 0 Å². The minimum Gasteiger partial charge on any atom is -0.346 e. The Morgan fingerprint density at radius 3 is 1.86 bits per heavy atom. The van der Waals surface area contributed by atoms with Crippen LogP contribution in [0.3, 0.4) is 0 Å². The molecule has 0 aromatic carbocycles. The number of hydrogen-bond acceptors (Lipinski definition) is 2. The average molecular weight is 196 g/mol. The van der Waals surface area contributed by atoms with Crippen molar-refractivity contribution in [3.63, 3.8) is 0 Å². The Hall–Kier alpha value is -0.0800. The van der Waals surface area contributed by atoms with Crippen LogP contribution in [0.2, 0.25) is 0 Å². The lowest BCUT2D eigenvalue weighted by atomic mass is 9.67. The molecule has 4 fully saturated rings. The Morgan fingerprint density at radius 1 is 0.929 bits per heavy atom. The lowest BCUT2D eigenvalue weighted by Crippen LogP contribution is -2.45. The van der Waals surface area contributed by atoms with Crippen molar-refractivity contribution >= 4 is 0 Å². The Morgan fingerprint density at radius 2 is 1.43 bits per heavy atom. The molecule has 0 spiro atoms. The first-order chi connectivity index (χ1) is 6.88. The van der Waals surface area contributed by atoms with Crippen LogP contribution in [0.5, 0.6) is 0 Å². The van der Waals surface area contributed by atoms with Crippen LogP contribution in [0.4, 0.5) is 0 Å². The molecular weight excluding hydrogens is 176 g/mol. The first-order valence-corrected chi connectivity index (χ1v) is 6.19. The highest BCUT2D eigenvalue weighted by Crippen LogP contribution is 2.48. The molecule has 1 heterocycles. The zero-order chi connectivity index (χ0) is 9.54. The topological polar surface area (TPSA) is 18.5 Å². The van der Waals surface area contributed by atoms with E-state index in [-0.39, 0.29) is 6.29 Å². The van der Waals surface area contributed by atoms with Crippen LogP contribution in [0.15, 0.2) is 0 Å². The van der Waals surface area contributed by atoms with Gasteiger partial charge in [0.1, 0.15) is 0 Å². The molecule has 1 aliphatic heterocycles. The smallest absolute Gasteiger partial charge is 0.158 e. The summed E-state index contributed by atoms with van der Waals surface area (Å²) in [6, 6.07) is 0. The van der Waals surface area contributed by atoms with Crippen LogP contribution in [0, 0.1) is 11.8 Å². The van der Waals surface area contributed by atoms with Gasteiger partial charge in [0.15, 0.2) is 6.29 Å². The molecule has 2 nitrogen and oxygen atoms in total. The molecule has 3 saturated carbocycles. The van der Waals surface area contributed by atoms with E-state index >= 15 is 0 Å². The largest absolute Gasteiger partial charge is 0.346 e. The fourth-order valence-electron chi connectivity index (χ4n) is 3.47. The summed E-state index contributed by atoms with van der Waals surface area (Å²) in [7, 11) is 0. The van der Waals surface area contributed by atoms with E-state index in [1.54, 1.807) is 0 Å². The zero-order valence-corrected chi connectivity index (χ0v) is 8.95. The monoisotopic (exact) mass is 196 g/mol. The number of hydrogen-bond donors (Lipinski definition) is 0. The summed E-state index contributed by atoms with van der Waals surface area (Å²) >= 11 is 0. The van der Waals surface area contributed by atoms with Crippen LogP contribution in [-0.2, 0) is 9.47 Å². The van der Waals surface area contributed by atoms with Crippen LogP contribution < -0.4 is 0 Å². The van der Waals surface area contributed by atoms with Crippen LogP contribution in [0.25, 0.3) is 0 Å². The maximum atomic E-state index is 6.02. The third kappa shape index (κ3) is 1.31. The molecule has 2 unspecified atom stereocenters. The van der Waals surface area contributed by atoms with Crippen LogP contribution in [0.1, 0.15) is 45.4 Å². The normalized spacial score (nSPS) is 50.8. The van der Waals surface area contributed by atoms with Gasteiger partial charge in [-0.3, -0.25) is 0 Å². The first kappa shape index (κ1) is 9.17. The minimum atomic E-state index is 0.121. The quantitative estimate of drug-likeness (QED) is 0.676. The lowest BCUT2D eigenvalue weighted by molar-refractivity contribution is -0.0742. The van der Waals surface area contributed by atoms with Crippen molar-refractivity contribution < 1.29 is 9.47 Å². The van der Waals surface area contributed by atoms with E-state index < -0.39 is 0 Å². The summed E-state index contributed by atoms with van der Waals surface area (Å²) in [5.74, 6) is 1.62. The van der Waals surface area contributed by atoms with Gasteiger partial charge in [0.05, 0.1) is 12.2 Å². The van der Waals surface area contributed by atoms with E-state index in [0.717, 1.165) is 18.3 Å². The summed E-state index contributed by atoms with van der Waals surface area (Å²) in [6.45, 7) is 2.20. The van der Waals surface area contributed by atoms with Crippen molar-refractivity contribution in [2.45, 2.75) is 63.9 Å². The Labute approximate surface area is 86.0 Å². The van der Waals surface area contributed by atoms with Crippen molar-refractivity contribution in [3.05, 3.63) is 0 Å². The maximum Gasteiger partial charge on any atom is 0.158 e. The second-order valence-electron chi connectivity index (χ2n) is 5.09. The summed E-state index contributed by atoms with van der Waals surface area (Å²) < 4.78 is 12.0. The Kier molecular flexibility index (Phi) is 2.29. The number of ether oxygens (including phenoxy) is 2. The van der Waals surface area contributed by atoms with Crippen molar-refractivity contribution in [3.8, 4) is 0 Å². The molecule has 0 aromatic heterocycles. The highest BCUT2D eigenvalue weighted by molar-refractivity contribution is 4.97. The zero-order valence-electron chi connectivity index (χ0n) is 8.95. The van der Waals surface area contributed by atoms with Gasteiger partial charge in [-0.15, -0.1) is 0 Å². The van der Waals surface area contributed by atoms with Crippen molar-refractivity contribution in [2.75, 3.05) is 0 Å². The Bertz CT molecular complexity index is 188. The van der Waals surface area contributed by atoms with Gasteiger partial charge in [-0.1, -0.05) is 13.3 Å². The second kappa shape index (κ2) is 3.49.